The van der Waals surface area contributed by atoms with Gasteiger partial charge in [-0.15, -0.1) is 6.58 Å². The molecule has 1 rings (SSSR count). The Hall–Kier alpha value is -1.26. The maximum atomic E-state index is 13.3. The van der Waals surface area contributed by atoms with Gasteiger partial charge in [0.25, 0.3) is 0 Å². The Kier molecular flexibility index (Phi) is 4.58. The van der Waals surface area contributed by atoms with Crippen LogP contribution in [0.5, 0.6) is 0 Å². The van der Waals surface area contributed by atoms with Crippen molar-refractivity contribution in [3.63, 3.8) is 0 Å². The van der Waals surface area contributed by atoms with Crippen molar-refractivity contribution in [1.29, 1.82) is 0 Å². The summed E-state index contributed by atoms with van der Waals surface area (Å²) in [6.07, 6.45) is 0.438. The zero-order chi connectivity index (χ0) is 12.1. The fraction of sp³-hybridized carbons (Fsp3) is 0.333. The van der Waals surface area contributed by atoms with Gasteiger partial charge in [-0.3, -0.25) is 0 Å². The molecule has 4 heteroatoms. The lowest BCUT2D eigenvalue weighted by molar-refractivity contribution is 0.163. The molecule has 2 nitrogen and oxygen atoms in total. The van der Waals surface area contributed by atoms with Crippen molar-refractivity contribution in [1.82, 2.24) is 5.32 Å². The number of benzene rings is 1. The Morgan fingerprint density at radius 3 is 2.50 bits per heavy atom. The molecular weight excluding hydrogens is 212 g/mol. The second kappa shape index (κ2) is 5.72. The standard InChI is InChI=1S/C12H15F2NO/c1-3-8(2)15-7-11(16)12-9(13)5-4-6-10(12)14/h3-6,8,11,15-16H,1,7H2,2H3. The predicted octanol–water partition coefficient (Wildman–Crippen LogP) is 2.16. The summed E-state index contributed by atoms with van der Waals surface area (Å²) in [7, 11) is 0. The number of nitrogens with one attached hydrogen (secondary N) is 1. The lowest BCUT2D eigenvalue weighted by Gasteiger charge is -2.15. The molecule has 0 aliphatic heterocycles. The molecular formula is C12H15F2NO. The highest BCUT2D eigenvalue weighted by Crippen LogP contribution is 2.19. The molecule has 0 heterocycles. The largest absolute Gasteiger partial charge is 0.387 e. The van der Waals surface area contributed by atoms with Crippen LogP contribution in [0.1, 0.15) is 18.6 Å². The molecule has 0 spiro atoms. The third-order valence-electron chi connectivity index (χ3n) is 2.32. The average molecular weight is 227 g/mol. The first-order valence-corrected chi connectivity index (χ1v) is 5.04. The van der Waals surface area contributed by atoms with Crippen LogP contribution in [0.4, 0.5) is 8.78 Å². The first-order chi connectivity index (χ1) is 7.56. The lowest BCUT2D eigenvalue weighted by Crippen LogP contribution is -2.29. The van der Waals surface area contributed by atoms with Crippen molar-refractivity contribution in [2.45, 2.75) is 19.1 Å². The Morgan fingerprint density at radius 2 is 2.00 bits per heavy atom. The topological polar surface area (TPSA) is 32.3 Å². The third kappa shape index (κ3) is 3.12. The fourth-order valence-electron chi connectivity index (χ4n) is 1.31. The highest BCUT2D eigenvalue weighted by Gasteiger charge is 2.17. The molecule has 0 bridgehead atoms. The van der Waals surface area contributed by atoms with Crippen LogP contribution in [-0.2, 0) is 0 Å². The molecule has 2 unspecified atom stereocenters. The summed E-state index contributed by atoms with van der Waals surface area (Å²) in [5.74, 6) is -1.47. The molecule has 1 aromatic rings. The van der Waals surface area contributed by atoms with Gasteiger partial charge in [0.1, 0.15) is 11.6 Å². The number of hydrogen-bond donors (Lipinski definition) is 2. The van der Waals surface area contributed by atoms with Crippen molar-refractivity contribution in [3.8, 4) is 0 Å². The molecule has 0 saturated heterocycles. The number of halogens is 2. The minimum atomic E-state index is -1.21. The van der Waals surface area contributed by atoms with E-state index in [9.17, 15) is 13.9 Å². The molecule has 88 valence electrons. The van der Waals surface area contributed by atoms with Crippen molar-refractivity contribution >= 4 is 0 Å². The molecule has 16 heavy (non-hydrogen) atoms. The van der Waals surface area contributed by atoms with Gasteiger partial charge in [-0.25, -0.2) is 8.78 Å². The van der Waals surface area contributed by atoms with E-state index in [0.29, 0.717) is 0 Å². The molecule has 1 aromatic carbocycles. The monoisotopic (exact) mass is 227 g/mol. The van der Waals surface area contributed by atoms with Crippen molar-refractivity contribution in [2.24, 2.45) is 0 Å². The van der Waals surface area contributed by atoms with E-state index in [1.807, 2.05) is 6.92 Å². The molecule has 2 N–H and O–H groups in total. The normalized spacial score (nSPS) is 14.5. The van der Waals surface area contributed by atoms with Crippen molar-refractivity contribution in [2.75, 3.05) is 6.54 Å². The highest BCUT2D eigenvalue weighted by atomic mass is 19.1. The van der Waals surface area contributed by atoms with Crippen LogP contribution in [0, 0.1) is 11.6 Å². The number of aliphatic hydroxyl groups excluding tert-OH is 1. The summed E-state index contributed by atoms with van der Waals surface area (Å²) >= 11 is 0. The first kappa shape index (κ1) is 12.8. The van der Waals surface area contributed by atoms with Gasteiger partial charge in [-0.05, 0) is 19.1 Å². The number of aliphatic hydroxyl groups is 1. The van der Waals surface area contributed by atoms with Crippen LogP contribution in [0.15, 0.2) is 30.9 Å². The highest BCUT2D eigenvalue weighted by molar-refractivity contribution is 5.22. The first-order valence-electron chi connectivity index (χ1n) is 5.04. The van der Waals surface area contributed by atoms with Gasteiger partial charge in [0, 0.05) is 12.6 Å². The van der Waals surface area contributed by atoms with Crippen LogP contribution < -0.4 is 5.32 Å². The molecule has 0 aliphatic carbocycles. The van der Waals surface area contributed by atoms with E-state index in [1.165, 1.54) is 6.07 Å². The van der Waals surface area contributed by atoms with Gasteiger partial charge in [0.15, 0.2) is 0 Å². The van der Waals surface area contributed by atoms with E-state index in [-0.39, 0.29) is 18.2 Å². The van der Waals surface area contributed by atoms with Gasteiger partial charge in [0.05, 0.1) is 11.7 Å². The zero-order valence-corrected chi connectivity index (χ0v) is 9.08. The van der Waals surface area contributed by atoms with Gasteiger partial charge < -0.3 is 10.4 Å². The Balaban J connectivity index is 2.72. The zero-order valence-electron chi connectivity index (χ0n) is 9.08. The average Bonchev–Trinajstić information content (AvgIpc) is 2.25. The molecule has 0 fully saturated rings. The van der Waals surface area contributed by atoms with Gasteiger partial charge in [-0.2, -0.15) is 0 Å². The predicted molar refractivity (Wildman–Crippen MR) is 59.0 cm³/mol. The molecule has 0 aromatic heterocycles. The Morgan fingerprint density at radius 1 is 1.44 bits per heavy atom. The van der Waals surface area contributed by atoms with Crippen molar-refractivity contribution in [3.05, 3.63) is 48.1 Å². The van der Waals surface area contributed by atoms with E-state index in [1.54, 1.807) is 6.08 Å². The second-order valence-electron chi connectivity index (χ2n) is 3.58. The summed E-state index contributed by atoms with van der Waals surface area (Å²) in [4.78, 5) is 0. The van der Waals surface area contributed by atoms with Crippen LogP contribution in [0.2, 0.25) is 0 Å². The maximum Gasteiger partial charge on any atom is 0.131 e. The minimum absolute atomic E-state index is 0.0236. The van der Waals surface area contributed by atoms with Gasteiger partial charge in [-0.1, -0.05) is 12.1 Å². The Labute approximate surface area is 93.6 Å². The van der Waals surface area contributed by atoms with E-state index in [2.05, 4.69) is 11.9 Å². The van der Waals surface area contributed by atoms with Crippen LogP contribution in [0.3, 0.4) is 0 Å². The minimum Gasteiger partial charge on any atom is -0.387 e. The molecule has 0 radical (unpaired) electrons. The van der Waals surface area contributed by atoms with Crippen LogP contribution in [-0.4, -0.2) is 17.7 Å². The lowest BCUT2D eigenvalue weighted by atomic mass is 10.1. The van der Waals surface area contributed by atoms with E-state index < -0.39 is 17.7 Å². The van der Waals surface area contributed by atoms with Gasteiger partial charge >= 0.3 is 0 Å². The number of rotatable bonds is 5. The molecule has 0 aliphatic rings. The van der Waals surface area contributed by atoms with Crippen LogP contribution in [0.25, 0.3) is 0 Å². The second-order valence-corrected chi connectivity index (χ2v) is 3.58. The molecule has 0 amide bonds. The van der Waals surface area contributed by atoms with Crippen LogP contribution >= 0.6 is 0 Å². The molecule has 2 atom stereocenters. The third-order valence-corrected chi connectivity index (χ3v) is 2.32. The smallest absolute Gasteiger partial charge is 0.131 e. The summed E-state index contributed by atoms with van der Waals surface area (Å²) in [5, 5.41) is 12.5. The summed E-state index contributed by atoms with van der Waals surface area (Å²) in [6.45, 7) is 5.46. The SMILES string of the molecule is C=CC(C)NCC(O)c1c(F)cccc1F. The summed E-state index contributed by atoms with van der Waals surface area (Å²) in [5.41, 5.74) is -0.300. The van der Waals surface area contributed by atoms with E-state index in [4.69, 9.17) is 0 Å². The summed E-state index contributed by atoms with van der Waals surface area (Å²) in [6, 6.07) is 3.49. The summed E-state index contributed by atoms with van der Waals surface area (Å²) < 4.78 is 26.5. The maximum absolute atomic E-state index is 13.3. The molecule has 0 saturated carbocycles. The van der Waals surface area contributed by atoms with Gasteiger partial charge in [0.2, 0.25) is 0 Å². The fourth-order valence-corrected chi connectivity index (χ4v) is 1.31. The number of hydrogen-bond acceptors (Lipinski definition) is 2. The Bertz CT molecular complexity index is 348. The van der Waals surface area contributed by atoms with Crippen molar-refractivity contribution < 1.29 is 13.9 Å². The van der Waals surface area contributed by atoms with E-state index in [0.717, 1.165) is 12.1 Å². The van der Waals surface area contributed by atoms with E-state index >= 15 is 0 Å². The quantitative estimate of drug-likeness (QED) is 0.755.